The molecule has 1 aliphatic carbocycles. The highest BCUT2D eigenvalue weighted by molar-refractivity contribution is 7.88. The van der Waals surface area contributed by atoms with Crippen LogP contribution in [0.3, 0.4) is 0 Å². The van der Waals surface area contributed by atoms with E-state index in [-0.39, 0.29) is 12.3 Å². The average Bonchev–Trinajstić information content (AvgIpc) is 2.90. The summed E-state index contributed by atoms with van der Waals surface area (Å²) in [7, 11) is -3.48. The van der Waals surface area contributed by atoms with Gasteiger partial charge in [-0.15, -0.1) is 0 Å². The topological polar surface area (TPSA) is 64.0 Å². The number of hydrogen-bond acceptors (Lipinski definition) is 3. The average molecular weight is 337 g/mol. The Morgan fingerprint density at radius 3 is 2.91 bits per heavy atom. The van der Waals surface area contributed by atoms with E-state index in [0.717, 1.165) is 19.3 Å². The van der Waals surface area contributed by atoms with E-state index in [0.29, 0.717) is 12.1 Å². The molecule has 1 N–H and O–H groups in total. The minimum Gasteiger partial charge on any atom is -0.268 e. The van der Waals surface area contributed by atoms with Crippen LogP contribution in [0.2, 0.25) is 0 Å². The molecule has 0 saturated carbocycles. The highest BCUT2D eigenvalue weighted by Crippen LogP contribution is 2.20. The molecule has 0 unspecified atom stereocenters. The first-order valence-corrected chi connectivity index (χ1v) is 9.44. The van der Waals surface area contributed by atoms with Gasteiger partial charge in [-0.1, -0.05) is 12.1 Å². The summed E-state index contributed by atoms with van der Waals surface area (Å²) in [6.07, 6.45) is 6.30. The molecule has 124 valence electrons. The number of nitrogens with zero attached hydrogens (tertiary/aromatic N) is 2. The lowest BCUT2D eigenvalue weighted by atomic mass is 9.98. The van der Waals surface area contributed by atoms with Crippen LogP contribution in [0, 0.1) is 5.82 Å². The Bertz CT molecular complexity index is 786. The Hall–Kier alpha value is -1.73. The van der Waals surface area contributed by atoms with Crippen molar-refractivity contribution in [1.29, 1.82) is 0 Å². The van der Waals surface area contributed by atoms with Crippen molar-refractivity contribution in [3.05, 3.63) is 53.1 Å². The van der Waals surface area contributed by atoms with E-state index < -0.39 is 15.8 Å². The highest BCUT2D eigenvalue weighted by atomic mass is 32.2. The normalized spacial score (nSPS) is 14.7. The molecule has 2 aromatic rings. The van der Waals surface area contributed by atoms with Gasteiger partial charge in [-0.05, 0) is 48.9 Å². The zero-order valence-electron chi connectivity index (χ0n) is 12.8. The zero-order valence-corrected chi connectivity index (χ0v) is 13.7. The van der Waals surface area contributed by atoms with E-state index in [1.165, 1.54) is 35.9 Å². The highest BCUT2D eigenvalue weighted by Gasteiger charge is 2.16. The van der Waals surface area contributed by atoms with E-state index in [1.54, 1.807) is 6.07 Å². The number of nitrogens with one attached hydrogen (secondary N) is 1. The van der Waals surface area contributed by atoms with Crippen LogP contribution in [-0.2, 0) is 35.2 Å². The molecule has 1 aromatic carbocycles. The van der Waals surface area contributed by atoms with Gasteiger partial charge in [0.05, 0.1) is 18.5 Å². The number of halogens is 1. The van der Waals surface area contributed by atoms with E-state index in [4.69, 9.17) is 0 Å². The van der Waals surface area contributed by atoms with Crippen molar-refractivity contribution in [2.45, 2.75) is 38.0 Å². The molecule has 5 nitrogen and oxygen atoms in total. The largest absolute Gasteiger partial charge is 0.268 e. The molecular weight excluding hydrogens is 317 g/mol. The summed E-state index contributed by atoms with van der Waals surface area (Å²) < 4.78 is 41.7. The molecule has 1 heterocycles. The van der Waals surface area contributed by atoms with Crippen molar-refractivity contribution in [1.82, 2.24) is 14.5 Å². The molecule has 1 aromatic heterocycles. The summed E-state index contributed by atoms with van der Waals surface area (Å²) >= 11 is 0. The van der Waals surface area contributed by atoms with Gasteiger partial charge < -0.3 is 0 Å². The SMILES string of the molecule is O=S(=O)(Cc1cccc(F)c1)NCCn1ncc2c1CCCC2. The summed E-state index contributed by atoms with van der Waals surface area (Å²) in [5.74, 6) is -0.650. The van der Waals surface area contributed by atoms with Gasteiger partial charge in [-0.2, -0.15) is 5.10 Å². The third-order valence-corrected chi connectivity index (χ3v) is 5.39. The van der Waals surface area contributed by atoms with Gasteiger partial charge in [0.15, 0.2) is 0 Å². The molecule has 3 rings (SSSR count). The molecule has 0 fully saturated rings. The molecule has 7 heteroatoms. The van der Waals surface area contributed by atoms with Crippen LogP contribution in [0.1, 0.15) is 29.7 Å². The molecule has 0 atom stereocenters. The molecule has 0 spiro atoms. The lowest BCUT2D eigenvalue weighted by molar-refractivity contribution is 0.538. The number of rotatable bonds is 6. The van der Waals surface area contributed by atoms with Crippen LogP contribution in [0.15, 0.2) is 30.5 Å². The maximum Gasteiger partial charge on any atom is 0.215 e. The second kappa shape index (κ2) is 6.80. The lowest BCUT2D eigenvalue weighted by Crippen LogP contribution is -2.29. The fraction of sp³-hybridized carbons (Fsp3) is 0.438. The number of sulfonamides is 1. The van der Waals surface area contributed by atoms with Crippen LogP contribution in [0.5, 0.6) is 0 Å². The Labute approximate surface area is 135 Å². The third kappa shape index (κ3) is 4.17. The van der Waals surface area contributed by atoms with Crippen LogP contribution in [-0.4, -0.2) is 24.7 Å². The van der Waals surface area contributed by atoms with E-state index in [2.05, 4.69) is 9.82 Å². The standard InChI is InChI=1S/C16H20FN3O2S/c17-15-6-3-4-13(10-15)12-23(21,22)19-8-9-20-16-7-2-1-5-14(16)11-18-20/h3-4,6,10-11,19H,1-2,5,7-9,12H2. The summed E-state index contributed by atoms with van der Waals surface area (Å²) in [4.78, 5) is 0. The summed E-state index contributed by atoms with van der Waals surface area (Å²) in [5, 5.41) is 4.35. The van der Waals surface area contributed by atoms with Crippen molar-refractivity contribution in [3.63, 3.8) is 0 Å². The molecule has 1 aliphatic rings. The van der Waals surface area contributed by atoms with Gasteiger partial charge in [-0.3, -0.25) is 4.68 Å². The van der Waals surface area contributed by atoms with Crippen LogP contribution >= 0.6 is 0 Å². The number of benzene rings is 1. The summed E-state index contributed by atoms with van der Waals surface area (Å²) in [6.45, 7) is 0.795. The smallest absolute Gasteiger partial charge is 0.215 e. The van der Waals surface area contributed by atoms with E-state index in [1.807, 2.05) is 10.9 Å². The Morgan fingerprint density at radius 2 is 2.09 bits per heavy atom. The number of aryl methyl sites for hydroxylation is 1. The van der Waals surface area contributed by atoms with Crippen LogP contribution in [0.4, 0.5) is 4.39 Å². The number of fused-ring (bicyclic) bond motifs is 1. The molecule has 0 aliphatic heterocycles. The molecular formula is C16H20FN3O2S. The Kier molecular flexibility index (Phi) is 4.77. The first kappa shape index (κ1) is 16.1. The molecule has 0 amide bonds. The molecule has 0 radical (unpaired) electrons. The first-order chi connectivity index (χ1) is 11.0. The van der Waals surface area contributed by atoms with Crippen molar-refractivity contribution >= 4 is 10.0 Å². The fourth-order valence-electron chi connectivity index (χ4n) is 2.95. The van der Waals surface area contributed by atoms with Gasteiger partial charge in [0, 0.05) is 12.2 Å². The number of hydrogen-bond donors (Lipinski definition) is 1. The van der Waals surface area contributed by atoms with Crippen LogP contribution in [0.25, 0.3) is 0 Å². The lowest BCUT2D eigenvalue weighted by Gasteiger charge is -2.14. The predicted molar refractivity (Wildman–Crippen MR) is 85.9 cm³/mol. The van der Waals surface area contributed by atoms with Crippen molar-refractivity contribution < 1.29 is 12.8 Å². The molecule has 23 heavy (non-hydrogen) atoms. The minimum atomic E-state index is -3.48. The van der Waals surface area contributed by atoms with E-state index >= 15 is 0 Å². The Morgan fingerprint density at radius 1 is 1.26 bits per heavy atom. The maximum absolute atomic E-state index is 13.1. The van der Waals surface area contributed by atoms with Gasteiger partial charge in [0.25, 0.3) is 0 Å². The third-order valence-electron chi connectivity index (χ3n) is 4.04. The quantitative estimate of drug-likeness (QED) is 0.877. The summed E-state index contributed by atoms with van der Waals surface area (Å²) in [5.41, 5.74) is 2.94. The Balaban J connectivity index is 1.56. The van der Waals surface area contributed by atoms with Crippen molar-refractivity contribution in [2.75, 3.05) is 6.54 Å². The second-order valence-corrected chi connectivity index (χ2v) is 7.64. The maximum atomic E-state index is 13.1. The second-order valence-electron chi connectivity index (χ2n) is 5.83. The van der Waals surface area contributed by atoms with Crippen LogP contribution < -0.4 is 4.72 Å². The minimum absolute atomic E-state index is 0.220. The van der Waals surface area contributed by atoms with Gasteiger partial charge in [0.1, 0.15) is 5.82 Å². The predicted octanol–water partition coefficient (Wildman–Crippen LogP) is 2.02. The molecule has 0 saturated heterocycles. The monoisotopic (exact) mass is 337 g/mol. The first-order valence-electron chi connectivity index (χ1n) is 7.79. The zero-order chi connectivity index (χ0) is 16.3. The molecule has 0 bridgehead atoms. The summed E-state index contributed by atoms with van der Waals surface area (Å²) in [6, 6.07) is 5.65. The van der Waals surface area contributed by atoms with Gasteiger partial charge in [-0.25, -0.2) is 17.5 Å². The van der Waals surface area contributed by atoms with Crippen molar-refractivity contribution in [3.8, 4) is 0 Å². The van der Waals surface area contributed by atoms with Crippen molar-refractivity contribution in [2.24, 2.45) is 0 Å². The van der Waals surface area contributed by atoms with Gasteiger partial charge >= 0.3 is 0 Å². The van der Waals surface area contributed by atoms with Gasteiger partial charge in [0.2, 0.25) is 10.0 Å². The van der Waals surface area contributed by atoms with E-state index in [9.17, 15) is 12.8 Å². The fourth-order valence-corrected chi connectivity index (χ4v) is 4.08. The number of aromatic nitrogens is 2.